The number of benzene rings is 2. The molecule has 2 aromatic carbocycles. The second-order valence-corrected chi connectivity index (χ2v) is 15.6. The quantitative estimate of drug-likeness (QED) is 0.0827. The fourth-order valence-electron chi connectivity index (χ4n) is 6.02. The van der Waals surface area contributed by atoms with Crippen molar-refractivity contribution in [1.29, 1.82) is 0 Å². The molecule has 0 heterocycles. The van der Waals surface area contributed by atoms with Gasteiger partial charge < -0.3 is 41.7 Å². The molecule has 0 bridgehead atoms. The number of amides is 5. The predicted octanol–water partition coefficient (Wildman–Crippen LogP) is 2.92. The third-order valence-electron chi connectivity index (χ3n) is 9.55. The van der Waals surface area contributed by atoms with Gasteiger partial charge in [-0.3, -0.25) is 24.0 Å². The molecule has 0 aromatic heterocycles. The van der Waals surface area contributed by atoms with E-state index in [0.29, 0.717) is 12.0 Å². The van der Waals surface area contributed by atoms with Crippen LogP contribution in [0.3, 0.4) is 0 Å². The lowest BCUT2D eigenvalue weighted by Gasteiger charge is -2.27. The van der Waals surface area contributed by atoms with Gasteiger partial charge in [0.15, 0.2) is 0 Å². The number of aliphatic hydroxyl groups is 1. The first-order valence-corrected chi connectivity index (χ1v) is 19.6. The number of nitrogens with one attached hydrogen (secondary N) is 5. The summed E-state index contributed by atoms with van der Waals surface area (Å²) in [7, 11) is 0. The zero-order valence-corrected chi connectivity index (χ0v) is 34.3. The van der Waals surface area contributed by atoms with Crippen molar-refractivity contribution in [3.63, 3.8) is 0 Å². The SMILES string of the molecule is CCN(CC)CCCCC(NC(=O)C(CC(C)C)NC(=O)[C@H](C)NC(=O)[C@H](Cc1ccccc1)NC(=O)c1ccc(C(C)(C)C)cc1)C(=O)N[C@@H](CO)C(=O)O. The zero-order valence-electron chi connectivity index (χ0n) is 34.3. The molecule has 0 aliphatic carbocycles. The lowest BCUT2D eigenvalue weighted by Crippen LogP contribution is -2.58. The van der Waals surface area contributed by atoms with Gasteiger partial charge in [0, 0.05) is 12.0 Å². The number of carbonyl (C=O) groups excluding carboxylic acids is 5. The lowest BCUT2D eigenvalue weighted by molar-refractivity contribution is -0.143. The highest BCUT2D eigenvalue weighted by molar-refractivity contribution is 5.99. The molecule has 14 nitrogen and oxygen atoms in total. The highest BCUT2D eigenvalue weighted by Gasteiger charge is 2.32. The maximum atomic E-state index is 13.7. The molecule has 2 aromatic rings. The molecule has 5 atom stereocenters. The molecule has 0 aliphatic rings. The van der Waals surface area contributed by atoms with Gasteiger partial charge in [0.05, 0.1) is 6.61 Å². The number of carboxylic acid groups (broad SMARTS) is 1. The molecular formula is C42H64N6O8. The molecule has 2 rings (SSSR count). The topological polar surface area (TPSA) is 206 Å². The van der Waals surface area contributed by atoms with Crippen LogP contribution in [0, 0.1) is 5.92 Å². The standard InChI is InChI=1S/C42H64N6O8/c1-9-48(10-2)23-15-14-18-32(38(52)47-35(26-49)41(55)56)44-40(54)33(24-27(3)4)45-36(50)28(5)43-39(53)34(25-29-16-12-11-13-17-29)46-37(51)30-19-21-31(22-20-30)42(6,7)8/h11-13,16-17,19-22,27-28,32-35,49H,9-10,14-15,18,23-26H2,1-8H3,(H,43,53)(H,44,54)(H,45,50)(H,46,51)(H,47,52)(H,55,56)/t28-,32?,33?,34-,35-/m0/s1. The number of unbranched alkanes of at least 4 members (excludes halogenated alkanes) is 1. The number of hydrogen-bond acceptors (Lipinski definition) is 8. The molecule has 5 amide bonds. The van der Waals surface area contributed by atoms with E-state index in [4.69, 9.17) is 0 Å². The van der Waals surface area contributed by atoms with E-state index in [1.807, 2.05) is 70.2 Å². The van der Waals surface area contributed by atoms with Crippen LogP contribution in [0.2, 0.25) is 0 Å². The van der Waals surface area contributed by atoms with Crippen LogP contribution in [-0.2, 0) is 35.8 Å². The monoisotopic (exact) mass is 780 g/mol. The van der Waals surface area contributed by atoms with Crippen molar-refractivity contribution in [3.8, 4) is 0 Å². The highest BCUT2D eigenvalue weighted by atomic mass is 16.4. The first-order valence-electron chi connectivity index (χ1n) is 19.6. The Kier molecular flexibility index (Phi) is 19.7. The van der Waals surface area contributed by atoms with Gasteiger partial charge in [-0.2, -0.15) is 0 Å². The smallest absolute Gasteiger partial charge is 0.328 e. The first kappa shape index (κ1) is 47.3. The minimum absolute atomic E-state index is 0.0639. The van der Waals surface area contributed by atoms with Crippen molar-refractivity contribution in [3.05, 3.63) is 71.3 Å². The van der Waals surface area contributed by atoms with Gasteiger partial charge in [0.2, 0.25) is 23.6 Å². The molecule has 7 N–H and O–H groups in total. The molecule has 2 unspecified atom stereocenters. The summed E-state index contributed by atoms with van der Waals surface area (Å²) in [5.74, 6) is -4.62. The fraction of sp³-hybridized carbons (Fsp3) is 0.571. The fourth-order valence-corrected chi connectivity index (χ4v) is 6.02. The maximum absolute atomic E-state index is 13.7. The third-order valence-corrected chi connectivity index (χ3v) is 9.55. The Morgan fingerprint density at radius 2 is 1.23 bits per heavy atom. The van der Waals surface area contributed by atoms with Crippen LogP contribution in [0.15, 0.2) is 54.6 Å². The molecule has 0 fully saturated rings. The highest BCUT2D eigenvalue weighted by Crippen LogP contribution is 2.22. The summed E-state index contributed by atoms with van der Waals surface area (Å²) < 4.78 is 0. The molecule has 0 saturated carbocycles. The predicted molar refractivity (Wildman–Crippen MR) is 216 cm³/mol. The number of hydrogen-bond donors (Lipinski definition) is 7. The van der Waals surface area contributed by atoms with E-state index < -0.39 is 72.3 Å². The lowest BCUT2D eigenvalue weighted by atomic mass is 9.86. The van der Waals surface area contributed by atoms with Crippen molar-refractivity contribution >= 4 is 35.5 Å². The van der Waals surface area contributed by atoms with Crippen LogP contribution in [0.25, 0.3) is 0 Å². The third kappa shape index (κ3) is 16.1. The summed E-state index contributed by atoms with van der Waals surface area (Å²) in [5, 5.41) is 32.1. The summed E-state index contributed by atoms with van der Waals surface area (Å²) in [5.41, 5.74) is 2.11. The van der Waals surface area contributed by atoms with E-state index in [0.717, 1.165) is 37.2 Å². The summed E-state index contributed by atoms with van der Waals surface area (Å²) in [6.45, 7) is 17.2. The minimum Gasteiger partial charge on any atom is -0.480 e. The van der Waals surface area contributed by atoms with E-state index in [2.05, 4.69) is 52.3 Å². The second kappa shape index (κ2) is 23.3. The van der Waals surface area contributed by atoms with Gasteiger partial charge in [-0.05, 0) is 86.8 Å². The largest absolute Gasteiger partial charge is 0.480 e. The van der Waals surface area contributed by atoms with Gasteiger partial charge in [-0.15, -0.1) is 0 Å². The average Bonchev–Trinajstić information content (AvgIpc) is 3.15. The number of carbonyl (C=O) groups is 6. The Morgan fingerprint density at radius 3 is 1.77 bits per heavy atom. The Morgan fingerprint density at radius 1 is 0.679 bits per heavy atom. The van der Waals surface area contributed by atoms with Crippen LogP contribution < -0.4 is 26.6 Å². The summed E-state index contributed by atoms with van der Waals surface area (Å²) in [4.78, 5) is 81.3. The minimum atomic E-state index is -1.56. The number of nitrogens with zero attached hydrogens (tertiary/aromatic N) is 1. The van der Waals surface area contributed by atoms with Crippen LogP contribution in [0.4, 0.5) is 0 Å². The van der Waals surface area contributed by atoms with Crippen molar-refractivity contribution in [2.45, 2.75) is 123 Å². The van der Waals surface area contributed by atoms with Gasteiger partial charge in [-0.25, -0.2) is 4.79 Å². The summed E-state index contributed by atoms with van der Waals surface area (Å²) in [6, 6.07) is 10.4. The Hall–Kier alpha value is -4.82. The van der Waals surface area contributed by atoms with Crippen molar-refractivity contribution in [1.82, 2.24) is 31.5 Å². The molecular weight excluding hydrogens is 716 g/mol. The van der Waals surface area contributed by atoms with Crippen molar-refractivity contribution in [2.75, 3.05) is 26.2 Å². The van der Waals surface area contributed by atoms with E-state index in [-0.39, 0.29) is 30.6 Å². The van der Waals surface area contributed by atoms with Gasteiger partial charge in [0.25, 0.3) is 5.91 Å². The Labute approximate surface area is 332 Å². The van der Waals surface area contributed by atoms with Gasteiger partial charge in [-0.1, -0.05) is 90.9 Å². The maximum Gasteiger partial charge on any atom is 0.328 e. The summed E-state index contributed by atoms with van der Waals surface area (Å²) in [6.07, 6.45) is 1.81. The van der Waals surface area contributed by atoms with Crippen LogP contribution in [0.5, 0.6) is 0 Å². The zero-order chi connectivity index (χ0) is 42.0. The Balaban J connectivity index is 2.22. The molecule has 14 heteroatoms. The normalized spacial score (nSPS) is 14.2. The summed E-state index contributed by atoms with van der Waals surface area (Å²) >= 11 is 0. The molecule has 56 heavy (non-hydrogen) atoms. The number of rotatable bonds is 23. The van der Waals surface area contributed by atoms with E-state index in [1.54, 1.807) is 12.1 Å². The van der Waals surface area contributed by atoms with Gasteiger partial charge >= 0.3 is 5.97 Å². The molecule has 310 valence electrons. The van der Waals surface area contributed by atoms with Crippen molar-refractivity contribution in [2.24, 2.45) is 5.92 Å². The van der Waals surface area contributed by atoms with Gasteiger partial charge in [0.1, 0.15) is 30.2 Å². The number of carboxylic acids is 1. The van der Waals surface area contributed by atoms with E-state index in [1.165, 1.54) is 6.92 Å². The average molecular weight is 781 g/mol. The number of aliphatic hydroxyl groups excluding tert-OH is 1. The molecule has 0 aliphatic heterocycles. The van der Waals surface area contributed by atoms with Crippen LogP contribution in [0.1, 0.15) is 103 Å². The first-order chi connectivity index (χ1) is 26.4. The van der Waals surface area contributed by atoms with E-state index in [9.17, 15) is 39.0 Å². The number of aliphatic carboxylic acids is 1. The van der Waals surface area contributed by atoms with Crippen LogP contribution >= 0.6 is 0 Å². The van der Waals surface area contributed by atoms with E-state index >= 15 is 0 Å². The second-order valence-electron chi connectivity index (χ2n) is 15.6. The van der Waals surface area contributed by atoms with Crippen molar-refractivity contribution < 1.29 is 39.0 Å². The molecule has 0 saturated heterocycles. The Bertz CT molecular complexity index is 1570. The molecule has 0 radical (unpaired) electrons. The van der Waals surface area contributed by atoms with Crippen LogP contribution in [-0.4, -0.2) is 107 Å². The molecule has 0 spiro atoms.